The van der Waals surface area contributed by atoms with Gasteiger partial charge in [-0.1, -0.05) is 34.1 Å². The third-order valence-electron chi connectivity index (χ3n) is 4.57. The van der Waals surface area contributed by atoms with Crippen molar-refractivity contribution in [1.29, 1.82) is 0 Å². The molecule has 1 aliphatic rings. The Morgan fingerprint density at radius 3 is 2.47 bits per heavy atom. The number of ether oxygens (including phenoxy) is 1. The average Bonchev–Trinajstić information content (AvgIpc) is 3.56. The molecule has 0 aliphatic heterocycles. The maximum atomic E-state index is 5.36. The predicted octanol–water partition coefficient (Wildman–Crippen LogP) is 6.27. The summed E-state index contributed by atoms with van der Waals surface area (Å²) in [5.41, 5.74) is 4.01. The zero-order valence-electron chi connectivity index (χ0n) is 20.6. The van der Waals surface area contributed by atoms with E-state index in [0.717, 1.165) is 33.3 Å². The number of aryl methyl sites for hydroxylation is 1. The lowest BCUT2D eigenvalue weighted by Crippen LogP contribution is -2.13. The summed E-state index contributed by atoms with van der Waals surface area (Å²) in [6.45, 7) is 14.2. The topological polar surface area (TPSA) is 84.8 Å². The van der Waals surface area contributed by atoms with E-state index in [1.807, 2.05) is 47.0 Å². The Kier molecular flexibility index (Phi) is 10.8. The van der Waals surface area contributed by atoms with Crippen LogP contribution < -0.4 is 10.6 Å². The molecule has 1 fully saturated rings. The second-order valence-corrected chi connectivity index (χ2v) is 8.30. The minimum Gasteiger partial charge on any atom is -0.380 e. The number of rotatable bonds is 8. The largest absolute Gasteiger partial charge is 0.380 e. The number of pyridine rings is 1. The highest BCUT2D eigenvalue weighted by Gasteiger charge is 2.28. The molecule has 1 aliphatic carbocycles. The normalized spacial score (nSPS) is 12.5. The van der Waals surface area contributed by atoms with Gasteiger partial charge in [0.1, 0.15) is 16.3 Å². The van der Waals surface area contributed by atoms with Crippen molar-refractivity contribution in [3.63, 3.8) is 0 Å². The fraction of sp³-hybridized carbons (Fsp3) is 0.583. The molecule has 2 N–H and O–H groups in total. The first-order chi connectivity index (χ1) is 15.6. The first kappa shape index (κ1) is 25.9. The van der Waals surface area contributed by atoms with E-state index in [-0.39, 0.29) is 0 Å². The van der Waals surface area contributed by atoms with Crippen molar-refractivity contribution in [3.8, 4) is 10.6 Å². The number of hydrogen-bond acceptors (Lipinski definition) is 8. The lowest BCUT2D eigenvalue weighted by molar-refractivity contribution is 0.158. The minimum absolute atomic E-state index is 0.571. The lowest BCUT2D eigenvalue weighted by atomic mass is 10.2. The van der Waals surface area contributed by atoms with Crippen LogP contribution in [0.25, 0.3) is 20.8 Å². The fourth-order valence-electron chi connectivity index (χ4n) is 3.11. The van der Waals surface area contributed by atoms with Gasteiger partial charge in [-0.15, -0.1) is 11.3 Å². The van der Waals surface area contributed by atoms with Crippen molar-refractivity contribution in [3.05, 3.63) is 23.7 Å². The molecular formula is C24H38N6OS. The van der Waals surface area contributed by atoms with Gasteiger partial charge in [-0.2, -0.15) is 4.98 Å². The summed E-state index contributed by atoms with van der Waals surface area (Å²) >= 11 is 1.67. The van der Waals surface area contributed by atoms with Gasteiger partial charge in [-0.05, 0) is 32.8 Å². The second-order valence-electron chi connectivity index (χ2n) is 7.27. The van der Waals surface area contributed by atoms with Crippen LogP contribution in [0.3, 0.4) is 0 Å². The molecule has 0 spiro atoms. The quantitative estimate of drug-likeness (QED) is 0.385. The van der Waals surface area contributed by atoms with Crippen LogP contribution in [0.15, 0.2) is 12.3 Å². The maximum Gasteiger partial charge on any atom is 0.224 e. The highest BCUT2D eigenvalue weighted by molar-refractivity contribution is 7.21. The molecule has 3 heterocycles. The fourth-order valence-corrected chi connectivity index (χ4v) is 4.17. The molecule has 0 radical (unpaired) electrons. The number of anilines is 2. The van der Waals surface area contributed by atoms with Crippen molar-refractivity contribution in [2.75, 3.05) is 37.4 Å². The van der Waals surface area contributed by atoms with Gasteiger partial charge in [0.15, 0.2) is 0 Å². The summed E-state index contributed by atoms with van der Waals surface area (Å²) in [7, 11) is 1.87. The molecule has 0 saturated heterocycles. The van der Waals surface area contributed by atoms with E-state index in [1.54, 1.807) is 11.3 Å². The SMILES string of the molecule is CC.CCC.CCOCCNc1nc(C)c(-c2nc3c(C4CC4)nccc3s2)c(NC)n1. The molecule has 0 bridgehead atoms. The van der Waals surface area contributed by atoms with E-state index in [1.165, 1.54) is 24.0 Å². The molecule has 3 aromatic heterocycles. The van der Waals surface area contributed by atoms with Crippen molar-refractivity contribution in [2.24, 2.45) is 0 Å². The summed E-state index contributed by atoms with van der Waals surface area (Å²) in [5, 5.41) is 7.35. The summed E-state index contributed by atoms with van der Waals surface area (Å²) in [4.78, 5) is 18.8. The highest BCUT2D eigenvalue weighted by atomic mass is 32.1. The summed E-state index contributed by atoms with van der Waals surface area (Å²) in [5.74, 6) is 1.95. The average molecular weight is 459 g/mol. The Bertz CT molecular complexity index is 971. The number of nitrogens with one attached hydrogen (secondary N) is 2. The third kappa shape index (κ3) is 6.59. The molecule has 4 rings (SSSR count). The van der Waals surface area contributed by atoms with Crippen molar-refractivity contribution in [2.45, 2.75) is 66.7 Å². The molecule has 3 aromatic rings. The van der Waals surface area contributed by atoms with Crippen molar-refractivity contribution in [1.82, 2.24) is 19.9 Å². The number of hydrogen-bond donors (Lipinski definition) is 2. The van der Waals surface area contributed by atoms with Crippen LogP contribution in [0, 0.1) is 6.92 Å². The summed E-state index contributed by atoms with van der Waals surface area (Å²) < 4.78 is 6.53. The van der Waals surface area contributed by atoms with Gasteiger partial charge < -0.3 is 15.4 Å². The first-order valence-corrected chi connectivity index (χ1v) is 12.6. The van der Waals surface area contributed by atoms with Crippen LogP contribution in [0.4, 0.5) is 11.8 Å². The molecule has 176 valence electrons. The number of thiazole rings is 1. The Balaban J connectivity index is 0.000000671. The van der Waals surface area contributed by atoms with E-state index in [9.17, 15) is 0 Å². The van der Waals surface area contributed by atoms with Crippen LogP contribution in [-0.2, 0) is 4.74 Å². The molecule has 0 amide bonds. The van der Waals surface area contributed by atoms with Crippen LogP contribution in [0.5, 0.6) is 0 Å². The molecule has 0 aromatic carbocycles. The summed E-state index contributed by atoms with van der Waals surface area (Å²) in [6, 6.07) is 2.04. The van der Waals surface area contributed by atoms with Crippen LogP contribution in [-0.4, -0.2) is 46.7 Å². The zero-order chi connectivity index (χ0) is 23.5. The Morgan fingerprint density at radius 1 is 1.12 bits per heavy atom. The predicted molar refractivity (Wildman–Crippen MR) is 137 cm³/mol. The van der Waals surface area contributed by atoms with Gasteiger partial charge >= 0.3 is 0 Å². The standard InChI is InChI=1S/C19H24N6OS.C3H8.C2H6/c1-4-26-10-9-22-19-23-11(2)14(17(20-3)25-19)18-24-16-13(27-18)7-8-21-15(16)12-5-6-12;1-3-2;1-2/h7-8,12H,4-6,9-10H2,1-3H3,(H2,20,22,23,25);3H2,1-2H3;1-2H3. The van der Waals surface area contributed by atoms with Crippen molar-refractivity contribution < 1.29 is 4.74 Å². The van der Waals surface area contributed by atoms with Gasteiger partial charge in [0, 0.05) is 32.3 Å². The van der Waals surface area contributed by atoms with Gasteiger partial charge in [-0.25, -0.2) is 9.97 Å². The van der Waals surface area contributed by atoms with E-state index in [0.29, 0.717) is 31.6 Å². The van der Waals surface area contributed by atoms with Crippen LogP contribution >= 0.6 is 11.3 Å². The van der Waals surface area contributed by atoms with Gasteiger partial charge in [-0.3, -0.25) is 4.98 Å². The van der Waals surface area contributed by atoms with E-state index in [2.05, 4.69) is 39.4 Å². The van der Waals surface area contributed by atoms with E-state index >= 15 is 0 Å². The van der Waals surface area contributed by atoms with Gasteiger partial charge in [0.25, 0.3) is 0 Å². The molecule has 0 unspecified atom stereocenters. The smallest absolute Gasteiger partial charge is 0.224 e. The number of fused-ring (bicyclic) bond motifs is 1. The Morgan fingerprint density at radius 2 is 1.84 bits per heavy atom. The number of aromatic nitrogens is 4. The number of nitrogens with zero attached hydrogens (tertiary/aromatic N) is 4. The van der Waals surface area contributed by atoms with Gasteiger partial charge in [0.05, 0.1) is 28.3 Å². The molecule has 1 saturated carbocycles. The lowest BCUT2D eigenvalue weighted by Gasteiger charge is -2.12. The molecular weight excluding hydrogens is 420 g/mol. The second kappa shape index (κ2) is 13.3. The Labute approximate surface area is 196 Å². The Hall–Kier alpha value is -2.32. The monoisotopic (exact) mass is 458 g/mol. The minimum atomic E-state index is 0.571. The molecule has 7 nitrogen and oxygen atoms in total. The third-order valence-corrected chi connectivity index (χ3v) is 5.61. The van der Waals surface area contributed by atoms with Crippen LogP contribution in [0.1, 0.15) is 71.2 Å². The molecule has 0 atom stereocenters. The van der Waals surface area contributed by atoms with Crippen LogP contribution in [0.2, 0.25) is 0 Å². The van der Waals surface area contributed by atoms with Gasteiger partial charge in [0.2, 0.25) is 5.95 Å². The zero-order valence-corrected chi connectivity index (χ0v) is 21.4. The van der Waals surface area contributed by atoms with E-state index < -0.39 is 0 Å². The molecule has 8 heteroatoms. The van der Waals surface area contributed by atoms with Crippen molar-refractivity contribution >= 4 is 33.3 Å². The summed E-state index contributed by atoms with van der Waals surface area (Å²) in [6.07, 6.45) is 5.57. The highest BCUT2D eigenvalue weighted by Crippen LogP contribution is 2.44. The molecule has 32 heavy (non-hydrogen) atoms. The van der Waals surface area contributed by atoms with E-state index in [4.69, 9.17) is 9.72 Å². The maximum absolute atomic E-state index is 5.36. The first-order valence-electron chi connectivity index (χ1n) is 11.8.